The third-order valence-corrected chi connectivity index (χ3v) is 6.95. The van der Waals surface area contributed by atoms with E-state index >= 15 is 0 Å². The third kappa shape index (κ3) is 6.83. The summed E-state index contributed by atoms with van der Waals surface area (Å²) in [6.07, 6.45) is 14.9. The molecule has 0 aliphatic heterocycles. The number of hydrogen-bond donors (Lipinski definition) is 0. The highest BCUT2D eigenvalue weighted by Crippen LogP contribution is 2.37. The van der Waals surface area contributed by atoms with Crippen molar-refractivity contribution in [3.63, 3.8) is 0 Å². The molecule has 0 heterocycles. The molecular formula is C29H40O. The van der Waals surface area contributed by atoms with Crippen LogP contribution in [0.4, 0.5) is 0 Å². The number of unbranched alkanes of at least 4 members (excludes halogenated alkanes) is 3. The Morgan fingerprint density at radius 2 is 1.43 bits per heavy atom. The van der Waals surface area contributed by atoms with Gasteiger partial charge in [0.2, 0.25) is 0 Å². The summed E-state index contributed by atoms with van der Waals surface area (Å²) in [6.45, 7) is 4.54. The molecule has 30 heavy (non-hydrogen) atoms. The summed E-state index contributed by atoms with van der Waals surface area (Å²) in [5, 5.41) is 0. The standard InChI is InChI=1S/C29H40O/c1-3-5-6-7-9-24-10-12-25(13-11-24)22-29(30)28-20-18-27(19-21-28)26-16-14-23(8-4-2)15-17-26/h10-13,18-21,23,26H,3-9,14-17,22H2,1-2H3/t23-,26-. The number of carbonyl (C=O) groups is 1. The summed E-state index contributed by atoms with van der Waals surface area (Å²) in [4.78, 5) is 12.7. The van der Waals surface area contributed by atoms with Crippen LogP contribution in [0.15, 0.2) is 48.5 Å². The molecule has 0 saturated heterocycles. The van der Waals surface area contributed by atoms with E-state index in [0.717, 1.165) is 23.5 Å². The zero-order valence-electron chi connectivity index (χ0n) is 19.2. The summed E-state index contributed by atoms with van der Waals surface area (Å²) in [5.41, 5.74) is 4.78. The molecule has 1 fully saturated rings. The monoisotopic (exact) mass is 404 g/mol. The van der Waals surface area contributed by atoms with Crippen molar-refractivity contribution in [3.05, 3.63) is 70.8 Å². The van der Waals surface area contributed by atoms with Gasteiger partial charge in [0.1, 0.15) is 0 Å². The fraction of sp³-hybridized carbons (Fsp3) is 0.552. The first-order valence-electron chi connectivity index (χ1n) is 12.4. The fourth-order valence-corrected chi connectivity index (χ4v) is 5.00. The van der Waals surface area contributed by atoms with Crippen molar-refractivity contribution in [2.24, 2.45) is 5.92 Å². The van der Waals surface area contributed by atoms with Crippen molar-refractivity contribution < 1.29 is 4.79 Å². The van der Waals surface area contributed by atoms with E-state index in [1.54, 1.807) is 0 Å². The van der Waals surface area contributed by atoms with Crippen LogP contribution in [0, 0.1) is 5.92 Å². The minimum Gasteiger partial charge on any atom is -0.294 e. The van der Waals surface area contributed by atoms with Gasteiger partial charge in [-0.25, -0.2) is 0 Å². The van der Waals surface area contributed by atoms with Crippen molar-refractivity contribution in [2.45, 2.75) is 96.8 Å². The second-order valence-electron chi connectivity index (χ2n) is 9.36. The zero-order valence-corrected chi connectivity index (χ0v) is 19.2. The van der Waals surface area contributed by atoms with Gasteiger partial charge in [-0.15, -0.1) is 0 Å². The molecule has 0 radical (unpaired) electrons. The number of Topliss-reactive ketones (excluding diaryl/α,β-unsaturated/α-hetero) is 1. The van der Waals surface area contributed by atoms with Crippen LogP contribution in [0.1, 0.15) is 111 Å². The number of aryl methyl sites for hydroxylation is 1. The Kier molecular flexibility index (Phi) is 9.18. The molecule has 1 saturated carbocycles. The quantitative estimate of drug-likeness (QED) is 0.272. The molecule has 1 heteroatoms. The number of carbonyl (C=O) groups excluding carboxylic acids is 1. The van der Waals surface area contributed by atoms with Gasteiger partial charge in [0, 0.05) is 12.0 Å². The summed E-state index contributed by atoms with van der Waals surface area (Å²) < 4.78 is 0. The fourth-order valence-electron chi connectivity index (χ4n) is 5.00. The minimum absolute atomic E-state index is 0.226. The number of ketones is 1. The molecule has 0 aromatic heterocycles. The third-order valence-electron chi connectivity index (χ3n) is 6.95. The molecule has 0 amide bonds. The molecule has 162 valence electrons. The Morgan fingerprint density at radius 1 is 0.767 bits per heavy atom. The average molecular weight is 405 g/mol. The predicted molar refractivity (Wildman–Crippen MR) is 128 cm³/mol. The predicted octanol–water partition coefficient (Wildman–Crippen LogP) is 8.31. The van der Waals surface area contributed by atoms with Gasteiger partial charge in [-0.1, -0.05) is 94.5 Å². The second-order valence-corrected chi connectivity index (χ2v) is 9.36. The smallest absolute Gasteiger partial charge is 0.167 e. The van der Waals surface area contributed by atoms with Gasteiger partial charge in [0.05, 0.1) is 0 Å². The summed E-state index contributed by atoms with van der Waals surface area (Å²) >= 11 is 0. The van der Waals surface area contributed by atoms with Gasteiger partial charge < -0.3 is 0 Å². The maximum absolute atomic E-state index is 12.7. The average Bonchev–Trinajstić information content (AvgIpc) is 2.79. The lowest BCUT2D eigenvalue weighted by Crippen LogP contribution is -2.13. The Balaban J connectivity index is 1.49. The Bertz CT molecular complexity index is 748. The van der Waals surface area contributed by atoms with Crippen LogP contribution in [-0.4, -0.2) is 5.78 Å². The number of hydrogen-bond acceptors (Lipinski definition) is 1. The van der Waals surface area contributed by atoms with E-state index < -0.39 is 0 Å². The van der Waals surface area contributed by atoms with Gasteiger partial charge in [-0.3, -0.25) is 4.79 Å². The van der Waals surface area contributed by atoms with E-state index in [1.807, 2.05) is 0 Å². The first kappa shape index (κ1) is 22.8. The van der Waals surface area contributed by atoms with Crippen LogP contribution in [0.25, 0.3) is 0 Å². The molecule has 1 aliphatic carbocycles. The van der Waals surface area contributed by atoms with Crippen LogP contribution in [0.2, 0.25) is 0 Å². The maximum Gasteiger partial charge on any atom is 0.167 e. The molecule has 2 aromatic rings. The molecular weight excluding hydrogens is 364 g/mol. The highest BCUT2D eigenvalue weighted by molar-refractivity contribution is 5.97. The highest BCUT2D eigenvalue weighted by Gasteiger charge is 2.22. The largest absolute Gasteiger partial charge is 0.294 e. The van der Waals surface area contributed by atoms with Crippen molar-refractivity contribution in [2.75, 3.05) is 0 Å². The molecule has 0 bridgehead atoms. The summed E-state index contributed by atoms with van der Waals surface area (Å²) in [7, 11) is 0. The molecule has 2 aromatic carbocycles. The van der Waals surface area contributed by atoms with Gasteiger partial charge in [0.25, 0.3) is 0 Å². The van der Waals surface area contributed by atoms with E-state index in [2.05, 4.69) is 62.4 Å². The van der Waals surface area contributed by atoms with Gasteiger partial charge in [-0.2, -0.15) is 0 Å². The lowest BCUT2D eigenvalue weighted by molar-refractivity contribution is 0.0993. The van der Waals surface area contributed by atoms with Gasteiger partial charge in [0.15, 0.2) is 5.78 Å². The topological polar surface area (TPSA) is 17.1 Å². The van der Waals surface area contributed by atoms with Crippen LogP contribution < -0.4 is 0 Å². The Labute approximate surface area is 184 Å². The van der Waals surface area contributed by atoms with Crippen LogP contribution in [0.3, 0.4) is 0 Å². The van der Waals surface area contributed by atoms with Gasteiger partial charge >= 0.3 is 0 Å². The highest BCUT2D eigenvalue weighted by atomic mass is 16.1. The van der Waals surface area contributed by atoms with E-state index in [9.17, 15) is 4.79 Å². The SMILES string of the molecule is CCCCCCc1ccc(CC(=O)c2ccc([C@H]3CC[C@H](CCC)CC3)cc2)cc1. The lowest BCUT2D eigenvalue weighted by atomic mass is 9.77. The van der Waals surface area contributed by atoms with E-state index in [0.29, 0.717) is 12.3 Å². The van der Waals surface area contributed by atoms with Crippen LogP contribution in [0.5, 0.6) is 0 Å². The Hall–Kier alpha value is -1.89. The lowest BCUT2D eigenvalue weighted by Gasteiger charge is -2.28. The Morgan fingerprint density at radius 3 is 2.07 bits per heavy atom. The van der Waals surface area contributed by atoms with Crippen LogP contribution in [-0.2, 0) is 12.8 Å². The molecule has 1 nitrogen and oxygen atoms in total. The van der Waals surface area contributed by atoms with Crippen molar-refractivity contribution in [1.29, 1.82) is 0 Å². The molecule has 0 spiro atoms. The van der Waals surface area contributed by atoms with Gasteiger partial charge in [-0.05, 0) is 67.1 Å². The molecule has 0 N–H and O–H groups in total. The molecule has 0 atom stereocenters. The molecule has 3 rings (SSSR count). The first-order valence-corrected chi connectivity index (χ1v) is 12.4. The van der Waals surface area contributed by atoms with E-state index in [1.165, 1.54) is 75.3 Å². The second kappa shape index (κ2) is 12.1. The maximum atomic E-state index is 12.7. The van der Waals surface area contributed by atoms with E-state index in [4.69, 9.17) is 0 Å². The molecule has 0 unspecified atom stereocenters. The first-order chi connectivity index (χ1) is 14.7. The number of rotatable bonds is 11. The summed E-state index contributed by atoms with van der Waals surface area (Å²) in [5.74, 6) is 1.85. The van der Waals surface area contributed by atoms with Crippen molar-refractivity contribution >= 4 is 5.78 Å². The van der Waals surface area contributed by atoms with Crippen molar-refractivity contribution in [1.82, 2.24) is 0 Å². The van der Waals surface area contributed by atoms with E-state index in [-0.39, 0.29) is 5.78 Å². The van der Waals surface area contributed by atoms with Crippen LogP contribution >= 0.6 is 0 Å². The normalized spacial score (nSPS) is 19.0. The number of benzene rings is 2. The molecule has 1 aliphatic rings. The minimum atomic E-state index is 0.226. The zero-order chi connectivity index (χ0) is 21.2. The van der Waals surface area contributed by atoms with Crippen molar-refractivity contribution in [3.8, 4) is 0 Å². The summed E-state index contributed by atoms with van der Waals surface area (Å²) in [6, 6.07) is 17.2.